The lowest BCUT2D eigenvalue weighted by atomic mass is 10.2. The second kappa shape index (κ2) is 14.6. The van der Waals surface area contributed by atoms with Gasteiger partial charge in [-0.25, -0.2) is 0 Å². The van der Waals surface area contributed by atoms with E-state index in [1.165, 1.54) is 6.42 Å². The van der Waals surface area contributed by atoms with Crippen molar-refractivity contribution in [3.8, 4) is 0 Å². The van der Waals surface area contributed by atoms with E-state index in [1.807, 2.05) is 7.05 Å². The molecule has 0 aromatic rings. The van der Waals surface area contributed by atoms with Gasteiger partial charge in [0.1, 0.15) is 0 Å². The maximum absolute atomic E-state index is 9.23. The van der Waals surface area contributed by atoms with E-state index < -0.39 is 0 Å². The zero-order chi connectivity index (χ0) is 19.2. The Morgan fingerprint density at radius 1 is 0.889 bits per heavy atom. The molecule has 3 unspecified atom stereocenters. The molecule has 27 heavy (non-hydrogen) atoms. The smallest absolute Gasteiger partial charge is 0.157 e. The number of likely N-dealkylation sites (N-methyl/N-ethyl adjacent to an activating group) is 1. The van der Waals surface area contributed by atoms with Gasteiger partial charge in [0.25, 0.3) is 0 Å². The lowest BCUT2D eigenvalue weighted by Gasteiger charge is -2.22. The summed E-state index contributed by atoms with van der Waals surface area (Å²) in [6, 6.07) is 0.221. The summed E-state index contributed by atoms with van der Waals surface area (Å²) in [7, 11) is 2.01. The van der Waals surface area contributed by atoms with Crippen molar-refractivity contribution >= 4 is 0 Å². The van der Waals surface area contributed by atoms with Gasteiger partial charge in [-0.1, -0.05) is 0 Å². The SMILES string of the molecule is CN1CC(OCCOCCOCCOCCOC2CCCCO2)CC1CO. The summed E-state index contributed by atoms with van der Waals surface area (Å²) in [5, 5.41) is 9.23. The molecular formula is C19H37NO7. The van der Waals surface area contributed by atoms with Crippen LogP contribution in [-0.4, -0.2) is 108 Å². The molecule has 0 spiro atoms. The van der Waals surface area contributed by atoms with E-state index in [4.69, 9.17) is 28.4 Å². The minimum atomic E-state index is -0.0505. The fourth-order valence-corrected chi connectivity index (χ4v) is 3.26. The lowest BCUT2D eigenvalue weighted by Crippen LogP contribution is -2.28. The first kappa shape index (κ1) is 23.0. The molecule has 160 valence electrons. The standard InChI is InChI=1S/C19H37NO7/c1-20-15-18(14-17(20)16-21)25-12-10-23-8-6-22-7-9-24-11-13-27-19-4-2-3-5-26-19/h17-19,21H,2-16H2,1H3. The molecule has 8 nitrogen and oxygen atoms in total. The molecule has 2 aliphatic heterocycles. The van der Waals surface area contributed by atoms with Gasteiger partial charge < -0.3 is 33.5 Å². The summed E-state index contributed by atoms with van der Waals surface area (Å²) in [5.74, 6) is 0. The van der Waals surface area contributed by atoms with Gasteiger partial charge in [-0.15, -0.1) is 0 Å². The summed E-state index contributed by atoms with van der Waals surface area (Å²) in [6.45, 7) is 6.32. The van der Waals surface area contributed by atoms with Crippen molar-refractivity contribution in [2.24, 2.45) is 0 Å². The monoisotopic (exact) mass is 391 g/mol. The van der Waals surface area contributed by atoms with Crippen LogP contribution >= 0.6 is 0 Å². The molecule has 0 saturated carbocycles. The topological polar surface area (TPSA) is 78.9 Å². The van der Waals surface area contributed by atoms with Crippen molar-refractivity contribution in [1.82, 2.24) is 4.90 Å². The summed E-state index contributed by atoms with van der Waals surface area (Å²) in [4.78, 5) is 2.14. The third-order valence-electron chi connectivity index (χ3n) is 4.86. The third kappa shape index (κ3) is 10.1. The molecule has 1 N–H and O–H groups in total. The highest BCUT2D eigenvalue weighted by molar-refractivity contribution is 4.83. The van der Waals surface area contributed by atoms with Gasteiger partial charge in [0.2, 0.25) is 0 Å². The summed E-state index contributed by atoms with van der Waals surface area (Å²) in [5.41, 5.74) is 0. The predicted molar refractivity (Wildman–Crippen MR) is 99.9 cm³/mol. The van der Waals surface area contributed by atoms with Gasteiger partial charge in [0.05, 0.1) is 65.6 Å². The van der Waals surface area contributed by atoms with Crippen molar-refractivity contribution in [2.45, 2.75) is 44.1 Å². The van der Waals surface area contributed by atoms with Crippen LogP contribution in [0.1, 0.15) is 25.7 Å². The fourth-order valence-electron chi connectivity index (χ4n) is 3.26. The molecule has 3 atom stereocenters. The van der Waals surface area contributed by atoms with Crippen molar-refractivity contribution in [2.75, 3.05) is 79.7 Å². The fraction of sp³-hybridized carbons (Fsp3) is 1.00. The number of rotatable bonds is 15. The minimum Gasteiger partial charge on any atom is -0.395 e. The van der Waals surface area contributed by atoms with E-state index in [1.54, 1.807) is 0 Å². The zero-order valence-electron chi connectivity index (χ0n) is 16.7. The maximum atomic E-state index is 9.23. The molecule has 0 radical (unpaired) electrons. The molecule has 0 amide bonds. The van der Waals surface area contributed by atoms with Crippen LogP contribution < -0.4 is 0 Å². The van der Waals surface area contributed by atoms with Gasteiger partial charge in [-0.2, -0.15) is 0 Å². The Morgan fingerprint density at radius 3 is 2.07 bits per heavy atom. The Bertz CT molecular complexity index is 355. The first-order chi connectivity index (χ1) is 13.3. The number of likely N-dealkylation sites (tertiary alicyclic amines) is 1. The normalized spacial score (nSPS) is 26.7. The summed E-state index contributed by atoms with van der Waals surface area (Å²) >= 11 is 0. The number of hydrogen-bond donors (Lipinski definition) is 1. The molecule has 0 bridgehead atoms. The van der Waals surface area contributed by atoms with E-state index in [0.717, 1.165) is 32.4 Å². The van der Waals surface area contributed by atoms with E-state index in [0.29, 0.717) is 52.9 Å². The molecule has 2 rings (SSSR count). The van der Waals surface area contributed by atoms with E-state index in [9.17, 15) is 5.11 Å². The lowest BCUT2D eigenvalue weighted by molar-refractivity contribution is -0.169. The van der Waals surface area contributed by atoms with Crippen molar-refractivity contribution in [3.63, 3.8) is 0 Å². The molecule has 2 aliphatic rings. The molecule has 0 aromatic carbocycles. The number of aliphatic hydroxyl groups excluding tert-OH is 1. The van der Waals surface area contributed by atoms with E-state index >= 15 is 0 Å². The van der Waals surface area contributed by atoms with Crippen LogP contribution in [0.3, 0.4) is 0 Å². The second-order valence-electron chi connectivity index (χ2n) is 7.01. The van der Waals surface area contributed by atoms with Crippen molar-refractivity contribution < 1.29 is 33.5 Å². The molecular weight excluding hydrogens is 354 g/mol. The van der Waals surface area contributed by atoms with Crippen LogP contribution in [0.5, 0.6) is 0 Å². The van der Waals surface area contributed by atoms with Gasteiger partial charge >= 0.3 is 0 Å². The number of aliphatic hydroxyl groups is 1. The van der Waals surface area contributed by atoms with Crippen LogP contribution in [0.4, 0.5) is 0 Å². The summed E-state index contributed by atoms with van der Waals surface area (Å²) in [6.07, 6.45) is 4.32. The third-order valence-corrected chi connectivity index (χ3v) is 4.86. The van der Waals surface area contributed by atoms with Crippen LogP contribution in [0.25, 0.3) is 0 Å². The van der Waals surface area contributed by atoms with Crippen LogP contribution in [0, 0.1) is 0 Å². The van der Waals surface area contributed by atoms with Crippen molar-refractivity contribution in [1.29, 1.82) is 0 Å². The largest absolute Gasteiger partial charge is 0.395 e. The Labute approximate surface area is 163 Å². The molecule has 0 aliphatic carbocycles. The average molecular weight is 392 g/mol. The van der Waals surface area contributed by atoms with Crippen LogP contribution in [0.2, 0.25) is 0 Å². The van der Waals surface area contributed by atoms with Gasteiger partial charge in [-0.3, -0.25) is 4.90 Å². The molecule has 2 saturated heterocycles. The molecule has 2 heterocycles. The Hall–Kier alpha value is -0.320. The van der Waals surface area contributed by atoms with Crippen LogP contribution in [0.15, 0.2) is 0 Å². The first-order valence-electron chi connectivity index (χ1n) is 10.2. The Kier molecular flexibility index (Phi) is 12.5. The number of hydrogen-bond acceptors (Lipinski definition) is 8. The zero-order valence-corrected chi connectivity index (χ0v) is 16.7. The molecule has 0 aromatic heterocycles. The predicted octanol–water partition coefficient (Wildman–Crippen LogP) is 0.661. The van der Waals surface area contributed by atoms with Gasteiger partial charge in [-0.05, 0) is 32.7 Å². The highest BCUT2D eigenvalue weighted by Gasteiger charge is 2.29. The minimum absolute atomic E-state index is 0.0505. The van der Waals surface area contributed by atoms with Gasteiger partial charge in [0, 0.05) is 19.2 Å². The number of nitrogens with zero attached hydrogens (tertiary/aromatic N) is 1. The second-order valence-corrected chi connectivity index (χ2v) is 7.01. The Morgan fingerprint density at radius 2 is 1.52 bits per heavy atom. The van der Waals surface area contributed by atoms with Crippen molar-refractivity contribution in [3.05, 3.63) is 0 Å². The number of ether oxygens (including phenoxy) is 6. The van der Waals surface area contributed by atoms with Gasteiger partial charge in [0.15, 0.2) is 6.29 Å². The maximum Gasteiger partial charge on any atom is 0.157 e. The van der Waals surface area contributed by atoms with E-state index in [2.05, 4.69) is 4.90 Å². The van der Waals surface area contributed by atoms with Crippen LogP contribution in [-0.2, 0) is 28.4 Å². The molecule has 8 heteroatoms. The highest BCUT2D eigenvalue weighted by Crippen LogP contribution is 2.17. The summed E-state index contributed by atoms with van der Waals surface area (Å²) < 4.78 is 33.3. The molecule has 2 fully saturated rings. The Balaban J connectivity index is 1.27. The average Bonchev–Trinajstić information content (AvgIpc) is 3.06. The first-order valence-corrected chi connectivity index (χ1v) is 10.2. The highest BCUT2D eigenvalue weighted by atomic mass is 16.7. The quantitative estimate of drug-likeness (QED) is 0.408. The van der Waals surface area contributed by atoms with E-state index in [-0.39, 0.29) is 25.0 Å².